The number of amidine groups is 1. The van der Waals surface area contributed by atoms with Crippen LogP contribution in [0.5, 0.6) is 0 Å². The van der Waals surface area contributed by atoms with Crippen LogP contribution in [0.25, 0.3) is 0 Å². The zero-order chi connectivity index (χ0) is 14.2. The summed E-state index contributed by atoms with van der Waals surface area (Å²) in [5.41, 5.74) is 1.23. The number of carbonyl (C=O) groups excluding carboxylic acids is 1. The molecule has 1 aliphatic heterocycles. The maximum absolute atomic E-state index is 11.6. The number of hydrogen-bond acceptors (Lipinski definition) is 4. The van der Waals surface area contributed by atoms with E-state index in [9.17, 15) is 4.79 Å². The molecule has 20 heavy (non-hydrogen) atoms. The summed E-state index contributed by atoms with van der Waals surface area (Å²) in [4.78, 5) is 16.7. The maximum Gasteiger partial charge on any atom is 0.263 e. The summed E-state index contributed by atoms with van der Waals surface area (Å²) >= 11 is 1.34. The number of nitrogens with zero attached hydrogens (tertiary/aromatic N) is 1. The second-order valence-electron chi connectivity index (χ2n) is 4.17. The zero-order valence-electron chi connectivity index (χ0n) is 11.0. The van der Waals surface area contributed by atoms with Gasteiger partial charge in [0.1, 0.15) is 0 Å². The number of aliphatic hydroxyl groups excluding tert-OH is 1. The van der Waals surface area contributed by atoms with Crippen molar-refractivity contribution in [2.75, 3.05) is 6.54 Å². The molecule has 0 aliphatic carbocycles. The standard InChI is InChI=1S/C15H16N2O2S/c18-11-5-4-8-13-14(19)17-15(20-13)16-10-9-12-6-2-1-3-7-12/h1-3,5-8,11,18H,4,9-10H2,(H,16,17,19)/b11-5+,13-8-. The molecular formula is C15H16N2O2S. The SMILES string of the molecule is O=C1NC(=NCCc2ccccc2)S/C1=C\C/C=C/O. The van der Waals surface area contributed by atoms with Crippen LogP contribution in [0, 0.1) is 0 Å². The van der Waals surface area contributed by atoms with E-state index >= 15 is 0 Å². The van der Waals surface area contributed by atoms with Gasteiger partial charge in [-0.05, 0) is 36.2 Å². The van der Waals surface area contributed by atoms with Gasteiger partial charge in [0.05, 0.1) is 11.2 Å². The Balaban J connectivity index is 1.86. The van der Waals surface area contributed by atoms with Crippen LogP contribution in [0.4, 0.5) is 0 Å². The third kappa shape index (κ3) is 4.28. The molecule has 2 rings (SSSR count). The predicted molar refractivity (Wildman–Crippen MR) is 82.7 cm³/mol. The highest BCUT2D eigenvalue weighted by Crippen LogP contribution is 2.23. The van der Waals surface area contributed by atoms with Crippen molar-refractivity contribution in [2.24, 2.45) is 4.99 Å². The van der Waals surface area contributed by atoms with Gasteiger partial charge in [-0.1, -0.05) is 36.4 Å². The van der Waals surface area contributed by atoms with Crippen LogP contribution in [0.15, 0.2) is 58.6 Å². The average Bonchev–Trinajstić information content (AvgIpc) is 2.81. The van der Waals surface area contributed by atoms with Gasteiger partial charge in [0.25, 0.3) is 5.91 Å². The zero-order valence-corrected chi connectivity index (χ0v) is 11.8. The van der Waals surface area contributed by atoms with Crippen molar-refractivity contribution < 1.29 is 9.90 Å². The quantitative estimate of drug-likeness (QED) is 0.647. The summed E-state index contributed by atoms with van der Waals surface area (Å²) in [6, 6.07) is 10.1. The molecule has 0 bridgehead atoms. The molecule has 0 spiro atoms. The van der Waals surface area contributed by atoms with Gasteiger partial charge >= 0.3 is 0 Å². The van der Waals surface area contributed by atoms with Crippen LogP contribution >= 0.6 is 11.8 Å². The molecule has 104 valence electrons. The van der Waals surface area contributed by atoms with Crippen molar-refractivity contribution in [3.63, 3.8) is 0 Å². The third-order valence-corrected chi connectivity index (χ3v) is 3.69. The molecule has 0 atom stereocenters. The lowest BCUT2D eigenvalue weighted by molar-refractivity contribution is -0.115. The Kier molecular flexibility index (Phi) is 5.43. The minimum absolute atomic E-state index is 0.125. The first-order valence-electron chi connectivity index (χ1n) is 6.36. The number of allylic oxidation sites excluding steroid dienone is 2. The monoisotopic (exact) mass is 288 g/mol. The molecule has 2 N–H and O–H groups in total. The van der Waals surface area contributed by atoms with E-state index in [1.165, 1.54) is 17.3 Å². The molecule has 0 saturated carbocycles. The van der Waals surface area contributed by atoms with Crippen molar-refractivity contribution in [3.05, 3.63) is 59.2 Å². The lowest BCUT2D eigenvalue weighted by Crippen LogP contribution is -2.20. The molecule has 5 heteroatoms. The molecule has 1 fully saturated rings. The van der Waals surface area contributed by atoms with Crippen molar-refractivity contribution >= 4 is 22.8 Å². The molecular weight excluding hydrogens is 272 g/mol. The first-order chi connectivity index (χ1) is 9.79. The lowest BCUT2D eigenvalue weighted by Gasteiger charge is -1.98. The summed E-state index contributed by atoms with van der Waals surface area (Å²) in [5, 5.41) is 11.9. The van der Waals surface area contributed by atoms with Gasteiger partial charge in [-0.2, -0.15) is 0 Å². The molecule has 0 unspecified atom stereocenters. The number of hydrogen-bond donors (Lipinski definition) is 2. The Bertz CT molecular complexity index is 550. The number of nitrogens with one attached hydrogen (secondary N) is 1. The van der Waals surface area contributed by atoms with E-state index in [4.69, 9.17) is 5.11 Å². The Morgan fingerprint density at radius 1 is 1.30 bits per heavy atom. The number of amides is 1. The molecule has 0 radical (unpaired) electrons. The molecule has 0 aromatic heterocycles. The second-order valence-corrected chi connectivity index (χ2v) is 5.20. The highest BCUT2D eigenvalue weighted by molar-refractivity contribution is 8.18. The molecule has 1 aromatic carbocycles. The number of carbonyl (C=O) groups is 1. The maximum atomic E-state index is 11.6. The normalized spacial score (nSPS) is 19.1. The third-order valence-electron chi connectivity index (χ3n) is 2.69. The van der Waals surface area contributed by atoms with E-state index in [-0.39, 0.29) is 5.91 Å². The van der Waals surface area contributed by atoms with Crippen LogP contribution in [-0.2, 0) is 11.2 Å². The number of thioether (sulfide) groups is 1. The van der Waals surface area contributed by atoms with Gasteiger partial charge in [-0.25, -0.2) is 0 Å². The molecule has 1 heterocycles. The predicted octanol–water partition coefficient (Wildman–Crippen LogP) is 2.79. The first kappa shape index (κ1) is 14.4. The highest BCUT2D eigenvalue weighted by Gasteiger charge is 2.22. The Morgan fingerprint density at radius 2 is 2.10 bits per heavy atom. The summed E-state index contributed by atoms with van der Waals surface area (Å²) in [6.07, 6.45) is 5.71. The van der Waals surface area contributed by atoms with Crippen molar-refractivity contribution in [3.8, 4) is 0 Å². The van der Waals surface area contributed by atoms with Crippen molar-refractivity contribution in [1.29, 1.82) is 0 Å². The number of benzene rings is 1. The topological polar surface area (TPSA) is 61.7 Å². The molecule has 1 amide bonds. The summed E-state index contributed by atoms with van der Waals surface area (Å²) in [6.45, 7) is 0.649. The fraction of sp³-hybridized carbons (Fsp3) is 0.200. The van der Waals surface area contributed by atoms with E-state index in [2.05, 4.69) is 22.4 Å². The largest absolute Gasteiger partial charge is 0.516 e. The second kappa shape index (κ2) is 7.55. The van der Waals surface area contributed by atoms with E-state index in [0.29, 0.717) is 23.0 Å². The summed E-state index contributed by atoms with van der Waals surface area (Å²) in [7, 11) is 0. The first-order valence-corrected chi connectivity index (χ1v) is 7.18. The summed E-state index contributed by atoms with van der Waals surface area (Å²) < 4.78 is 0. The van der Waals surface area contributed by atoms with Gasteiger partial charge < -0.3 is 10.4 Å². The Morgan fingerprint density at radius 3 is 2.85 bits per heavy atom. The molecule has 1 saturated heterocycles. The van der Waals surface area contributed by atoms with Crippen LogP contribution in [0.2, 0.25) is 0 Å². The highest BCUT2D eigenvalue weighted by atomic mass is 32.2. The number of aliphatic imine (C=N–C) groups is 1. The van der Waals surface area contributed by atoms with E-state index in [0.717, 1.165) is 12.7 Å². The molecule has 1 aliphatic rings. The van der Waals surface area contributed by atoms with Gasteiger partial charge in [-0.15, -0.1) is 0 Å². The lowest BCUT2D eigenvalue weighted by atomic mass is 10.2. The van der Waals surface area contributed by atoms with E-state index < -0.39 is 0 Å². The minimum atomic E-state index is -0.125. The Labute approximate surface area is 122 Å². The van der Waals surface area contributed by atoms with Crippen LogP contribution in [-0.4, -0.2) is 22.7 Å². The number of rotatable bonds is 5. The summed E-state index contributed by atoms with van der Waals surface area (Å²) in [5.74, 6) is -0.125. The van der Waals surface area contributed by atoms with Crippen molar-refractivity contribution in [2.45, 2.75) is 12.8 Å². The van der Waals surface area contributed by atoms with Crippen LogP contribution < -0.4 is 5.32 Å². The van der Waals surface area contributed by atoms with Crippen LogP contribution in [0.3, 0.4) is 0 Å². The average molecular weight is 288 g/mol. The van der Waals surface area contributed by atoms with E-state index in [1.54, 1.807) is 12.2 Å². The van der Waals surface area contributed by atoms with Gasteiger partial charge in [0.15, 0.2) is 5.17 Å². The van der Waals surface area contributed by atoms with Gasteiger partial charge in [0.2, 0.25) is 0 Å². The smallest absolute Gasteiger partial charge is 0.263 e. The van der Waals surface area contributed by atoms with E-state index in [1.807, 2.05) is 18.2 Å². The number of aliphatic hydroxyl groups is 1. The molecule has 1 aromatic rings. The fourth-order valence-electron chi connectivity index (χ4n) is 1.71. The Hall–Kier alpha value is -2.01. The van der Waals surface area contributed by atoms with Gasteiger partial charge in [0, 0.05) is 6.54 Å². The minimum Gasteiger partial charge on any atom is -0.516 e. The van der Waals surface area contributed by atoms with Gasteiger partial charge in [-0.3, -0.25) is 9.79 Å². The molecule has 4 nitrogen and oxygen atoms in total. The fourth-order valence-corrected chi connectivity index (χ4v) is 2.54. The van der Waals surface area contributed by atoms with Crippen LogP contribution in [0.1, 0.15) is 12.0 Å². The van der Waals surface area contributed by atoms with Crippen molar-refractivity contribution in [1.82, 2.24) is 5.32 Å².